The van der Waals surface area contributed by atoms with Gasteiger partial charge in [-0.15, -0.1) is 0 Å². The number of rotatable bonds is 3. The Morgan fingerprint density at radius 3 is 2.88 bits per heavy atom. The zero-order chi connectivity index (χ0) is 11.7. The van der Waals surface area contributed by atoms with Gasteiger partial charge in [0.25, 0.3) is 5.91 Å². The van der Waals surface area contributed by atoms with Crippen LogP contribution in [0.15, 0.2) is 12.3 Å². The van der Waals surface area contributed by atoms with E-state index in [2.05, 4.69) is 4.98 Å². The number of hydrogen-bond donors (Lipinski definition) is 3. The number of nitrogen functional groups attached to an aromatic ring is 1. The molecule has 1 aromatic heterocycles. The lowest BCUT2D eigenvalue weighted by Gasteiger charge is -2.34. The fraction of sp³-hybridized carbons (Fsp3) is 0.545. The predicted molar refractivity (Wildman–Crippen MR) is 60.9 cm³/mol. The van der Waals surface area contributed by atoms with Gasteiger partial charge in [-0.2, -0.15) is 0 Å². The molecule has 0 unspecified atom stereocenters. The average molecular weight is 223 g/mol. The third-order valence-electron chi connectivity index (χ3n) is 3.03. The lowest BCUT2D eigenvalue weighted by molar-refractivity contribution is 0.0264. The Hall–Kier alpha value is -1.49. The van der Waals surface area contributed by atoms with E-state index in [0.717, 1.165) is 12.8 Å². The molecule has 5 heteroatoms. The van der Waals surface area contributed by atoms with Gasteiger partial charge in [-0.3, -0.25) is 4.79 Å². The highest BCUT2D eigenvalue weighted by Crippen LogP contribution is 2.27. The molecule has 0 saturated heterocycles. The highest BCUT2D eigenvalue weighted by atomic mass is 16.3. The zero-order valence-corrected chi connectivity index (χ0v) is 9.31. The van der Waals surface area contributed by atoms with Crippen molar-refractivity contribution < 1.29 is 9.90 Å². The summed E-state index contributed by atoms with van der Waals surface area (Å²) >= 11 is 0. The number of H-pyrrole nitrogens is 1. The number of nitrogens with one attached hydrogen (secondary N) is 1. The second-order valence-corrected chi connectivity index (χ2v) is 4.52. The van der Waals surface area contributed by atoms with Gasteiger partial charge in [0, 0.05) is 25.5 Å². The van der Waals surface area contributed by atoms with E-state index < -0.39 is 0 Å². The number of hydrogen-bond acceptors (Lipinski definition) is 3. The van der Waals surface area contributed by atoms with Gasteiger partial charge in [0.05, 0.1) is 6.10 Å². The van der Waals surface area contributed by atoms with Crippen LogP contribution in [0.4, 0.5) is 5.69 Å². The van der Waals surface area contributed by atoms with Crippen molar-refractivity contribution in [3.05, 3.63) is 18.0 Å². The molecule has 4 N–H and O–H groups in total. The maximum absolute atomic E-state index is 11.9. The van der Waals surface area contributed by atoms with Crippen molar-refractivity contribution in [2.24, 2.45) is 5.92 Å². The first-order valence-corrected chi connectivity index (χ1v) is 5.43. The number of aliphatic hydroxyl groups excluding tert-OH is 1. The molecule has 5 nitrogen and oxygen atoms in total. The Morgan fingerprint density at radius 1 is 1.69 bits per heavy atom. The molecule has 0 radical (unpaired) electrons. The van der Waals surface area contributed by atoms with Crippen LogP contribution in [-0.4, -0.2) is 40.6 Å². The standard InChI is InChI=1S/C11H17N3O2/c1-14(6-7-2-9(15)3-7)11(16)10-4-8(12)5-13-10/h4-5,7,9,13,15H,2-3,6,12H2,1H3. The number of aliphatic hydroxyl groups is 1. The maximum Gasteiger partial charge on any atom is 0.270 e. The minimum Gasteiger partial charge on any atom is -0.397 e. The molecule has 1 amide bonds. The van der Waals surface area contributed by atoms with E-state index in [0.29, 0.717) is 23.8 Å². The quantitative estimate of drug-likeness (QED) is 0.695. The molecular weight excluding hydrogens is 206 g/mol. The van der Waals surface area contributed by atoms with Crippen molar-refractivity contribution in [1.82, 2.24) is 9.88 Å². The van der Waals surface area contributed by atoms with Gasteiger partial charge < -0.3 is 20.7 Å². The molecule has 0 aliphatic heterocycles. The highest BCUT2D eigenvalue weighted by Gasteiger charge is 2.29. The number of carbonyl (C=O) groups is 1. The fourth-order valence-corrected chi connectivity index (χ4v) is 2.06. The summed E-state index contributed by atoms with van der Waals surface area (Å²) in [6.45, 7) is 0.689. The Labute approximate surface area is 94.2 Å². The second-order valence-electron chi connectivity index (χ2n) is 4.52. The Bertz CT molecular complexity index is 382. The third-order valence-corrected chi connectivity index (χ3v) is 3.03. The van der Waals surface area contributed by atoms with Gasteiger partial charge in [0.1, 0.15) is 5.69 Å². The van der Waals surface area contributed by atoms with Crippen molar-refractivity contribution >= 4 is 11.6 Å². The van der Waals surface area contributed by atoms with Crippen LogP contribution in [0.5, 0.6) is 0 Å². The van der Waals surface area contributed by atoms with E-state index in [9.17, 15) is 4.79 Å². The molecule has 0 atom stereocenters. The van der Waals surface area contributed by atoms with Crippen LogP contribution in [-0.2, 0) is 0 Å². The van der Waals surface area contributed by atoms with E-state index in [1.54, 1.807) is 24.2 Å². The first-order valence-electron chi connectivity index (χ1n) is 5.43. The molecule has 0 aromatic carbocycles. The van der Waals surface area contributed by atoms with Gasteiger partial charge in [0.2, 0.25) is 0 Å². The van der Waals surface area contributed by atoms with Gasteiger partial charge in [0.15, 0.2) is 0 Å². The van der Waals surface area contributed by atoms with E-state index in [1.165, 1.54) is 0 Å². The van der Waals surface area contributed by atoms with Crippen LogP contribution in [0.2, 0.25) is 0 Å². The van der Waals surface area contributed by atoms with Crippen molar-refractivity contribution in [2.45, 2.75) is 18.9 Å². The van der Waals surface area contributed by atoms with Crippen LogP contribution in [0.25, 0.3) is 0 Å². The van der Waals surface area contributed by atoms with E-state index in [-0.39, 0.29) is 12.0 Å². The first-order chi connectivity index (χ1) is 7.56. The summed E-state index contributed by atoms with van der Waals surface area (Å²) in [5, 5.41) is 9.16. The molecular formula is C11H17N3O2. The summed E-state index contributed by atoms with van der Waals surface area (Å²) in [7, 11) is 1.77. The predicted octanol–water partition coefficient (Wildman–Crippen LogP) is 0.440. The number of nitrogens with two attached hydrogens (primary N) is 1. The summed E-state index contributed by atoms with van der Waals surface area (Å²) in [4.78, 5) is 16.4. The maximum atomic E-state index is 11.9. The molecule has 16 heavy (non-hydrogen) atoms. The van der Waals surface area contributed by atoms with Crippen LogP contribution in [0, 0.1) is 5.92 Å². The molecule has 0 bridgehead atoms. The van der Waals surface area contributed by atoms with Crippen molar-refractivity contribution in [3.63, 3.8) is 0 Å². The smallest absolute Gasteiger partial charge is 0.270 e. The number of amides is 1. The second kappa shape index (κ2) is 4.17. The Morgan fingerprint density at radius 2 is 2.38 bits per heavy atom. The third kappa shape index (κ3) is 2.19. The number of aromatic nitrogens is 1. The van der Waals surface area contributed by atoms with Gasteiger partial charge in [-0.25, -0.2) is 0 Å². The SMILES string of the molecule is CN(CC1CC(O)C1)C(=O)c1cc(N)c[nH]1. The molecule has 1 fully saturated rings. The summed E-state index contributed by atoms with van der Waals surface area (Å²) in [5.74, 6) is 0.370. The number of nitrogens with zero attached hydrogens (tertiary/aromatic N) is 1. The molecule has 1 heterocycles. The average Bonchev–Trinajstić information content (AvgIpc) is 2.61. The van der Waals surface area contributed by atoms with Crippen molar-refractivity contribution in [3.8, 4) is 0 Å². The van der Waals surface area contributed by atoms with Crippen LogP contribution in [0.3, 0.4) is 0 Å². The Balaban J connectivity index is 1.89. The summed E-state index contributed by atoms with van der Waals surface area (Å²) in [6, 6.07) is 1.63. The molecule has 1 aliphatic carbocycles. The van der Waals surface area contributed by atoms with Gasteiger partial charge >= 0.3 is 0 Å². The van der Waals surface area contributed by atoms with E-state index in [1.807, 2.05) is 0 Å². The van der Waals surface area contributed by atoms with Crippen LogP contribution >= 0.6 is 0 Å². The van der Waals surface area contributed by atoms with Gasteiger partial charge in [-0.1, -0.05) is 0 Å². The topological polar surface area (TPSA) is 82.3 Å². The molecule has 88 valence electrons. The largest absolute Gasteiger partial charge is 0.397 e. The van der Waals surface area contributed by atoms with Crippen molar-refractivity contribution in [1.29, 1.82) is 0 Å². The highest BCUT2D eigenvalue weighted by molar-refractivity contribution is 5.93. The normalized spacial score (nSPS) is 23.9. The zero-order valence-electron chi connectivity index (χ0n) is 9.31. The molecule has 2 rings (SSSR count). The van der Waals surface area contributed by atoms with Gasteiger partial charge in [-0.05, 0) is 24.8 Å². The Kier molecular flexibility index (Phi) is 2.87. The molecule has 0 spiro atoms. The first kappa shape index (κ1) is 11.0. The number of carbonyl (C=O) groups excluding carboxylic acids is 1. The summed E-state index contributed by atoms with van der Waals surface area (Å²) < 4.78 is 0. The molecule has 1 saturated carbocycles. The monoisotopic (exact) mass is 223 g/mol. The number of anilines is 1. The fourth-order valence-electron chi connectivity index (χ4n) is 2.06. The molecule has 1 aliphatic rings. The summed E-state index contributed by atoms with van der Waals surface area (Å²) in [5.41, 5.74) is 6.62. The van der Waals surface area contributed by atoms with Crippen LogP contribution in [0.1, 0.15) is 23.3 Å². The van der Waals surface area contributed by atoms with E-state index >= 15 is 0 Å². The van der Waals surface area contributed by atoms with Crippen molar-refractivity contribution in [2.75, 3.05) is 19.3 Å². The lowest BCUT2D eigenvalue weighted by Crippen LogP contribution is -2.39. The minimum atomic E-state index is -0.172. The number of aromatic amines is 1. The molecule has 1 aromatic rings. The lowest BCUT2D eigenvalue weighted by atomic mass is 9.82. The van der Waals surface area contributed by atoms with Crippen LogP contribution < -0.4 is 5.73 Å². The van der Waals surface area contributed by atoms with E-state index in [4.69, 9.17) is 10.8 Å². The minimum absolute atomic E-state index is 0.0573. The summed E-state index contributed by atoms with van der Waals surface area (Å²) in [6.07, 6.45) is 3.03.